The number of fused-ring (bicyclic) bond motifs is 2. The van der Waals surface area contributed by atoms with Crippen LogP contribution >= 0.6 is 0 Å². The van der Waals surface area contributed by atoms with Gasteiger partial charge in [-0.3, -0.25) is 0 Å². The van der Waals surface area contributed by atoms with Crippen molar-refractivity contribution in [1.29, 1.82) is 0 Å². The zero-order valence-electron chi connectivity index (χ0n) is 16.9. The molecule has 3 aliphatic rings. The van der Waals surface area contributed by atoms with Gasteiger partial charge in [0.05, 0.1) is 38.6 Å². The van der Waals surface area contributed by atoms with Crippen LogP contribution in [0.25, 0.3) is 0 Å². The van der Waals surface area contributed by atoms with Crippen molar-refractivity contribution in [2.75, 3.05) is 13.2 Å². The summed E-state index contributed by atoms with van der Waals surface area (Å²) in [4.78, 5) is 0. The van der Waals surface area contributed by atoms with Crippen molar-refractivity contribution in [3.05, 3.63) is 83.9 Å². The minimum Gasteiger partial charge on any atom is -0.390 e. The summed E-state index contributed by atoms with van der Waals surface area (Å²) in [6, 6.07) is 20.2. The van der Waals surface area contributed by atoms with Gasteiger partial charge in [0, 0.05) is 11.3 Å². The number of hydrogen-bond acceptors (Lipinski definition) is 4. The number of aliphatic hydroxyl groups excluding tert-OH is 2. The van der Waals surface area contributed by atoms with Gasteiger partial charge in [0.15, 0.2) is 0 Å². The van der Waals surface area contributed by atoms with Gasteiger partial charge < -0.3 is 19.7 Å². The molecule has 154 valence electrons. The maximum absolute atomic E-state index is 10.7. The van der Waals surface area contributed by atoms with Crippen molar-refractivity contribution in [2.45, 2.75) is 32.3 Å². The molecule has 1 saturated carbocycles. The number of rotatable bonds is 8. The predicted molar refractivity (Wildman–Crippen MR) is 112 cm³/mol. The molecule has 29 heavy (non-hydrogen) atoms. The van der Waals surface area contributed by atoms with E-state index in [0.717, 1.165) is 11.1 Å². The van der Waals surface area contributed by atoms with E-state index in [2.05, 4.69) is 12.2 Å². The molecule has 1 fully saturated rings. The van der Waals surface area contributed by atoms with E-state index in [1.54, 1.807) is 0 Å². The van der Waals surface area contributed by atoms with Crippen LogP contribution in [0.2, 0.25) is 0 Å². The van der Waals surface area contributed by atoms with Gasteiger partial charge in [0.2, 0.25) is 0 Å². The molecule has 0 radical (unpaired) electrons. The summed E-state index contributed by atoms with van der Waals surface area (Å²) in [5, 5.41) is 21.4. The number of hydrogen-bond donors (Lipinski definition) is 2. The van der Waals surface area contributed by atoms with Crippen molar-refractivity contribution in [3.8, 4) is 0 Å². The molecule has 4 nitrogen and oxygen atoms in total. The summed E-state index contributed by atoms with van der Waals surface area (Å²) in [6.07, 6.45) is 2.58. The molecule has 2 N–H and O–H groups in total. The SMILES string of the molecule is C[C@]12C=C[C@H]([C@H](O)[C@@H]1O)[C@@H](COCc1ccccc1)[C@H]2COCc1ccccc1. The van der Waals surface area contributed by atoms with Gasteiger partial charge >= 0.3 is 0 Å². The first-order chi connectivity index (χ1) is 14.1. The Morgan fingerprint density at radius 3 is 1.97 bits per heavy atom. The van der Waals surface area contributed by atoms with Crippen LogP contribution in [0.4, 0.5) is 0 Å². The van der Waals surface area contributed by atoms with Gasteiger partial charge in [0.1, 0.15) is 0 Å². The first-order valence-electron chi connectivity index (χ1n) is 10.4. The van der Waals surface area contributed by atoms with E-state index in [0.29, 0.717) is 26.4 Å². The lowest BCUT2D eigenvalue weighted by atomic mass is 9.52. The van der Waals surface area contributed by atoms with Crippen molar-refractivity contribution in [1.82, 2.24) is 0 Å². The maximum atomic E-state index is 10.7. The second-order valence-electron chi connectivity index (χ2n) is 8.51. The summed E-state index contributed by atoms with van der Waals surface area (Å²) in [5.41, 5.74) is 1.74. The molecule has 2 aromatic carbocycles. The molecule has 0 aromatic heterocycles. The van der Waals surface area contributed by atoms with Crippen LogP contribution in [-0.2, 0) is 22.7 Å². The lowest BCUT2D eigenvalue weighted by molar-refractivity contribution is -0.176. The molecule has 0 aliphatic heterocycles. The molecular formula is C25H30O4. The first kappa shape index (κ1) is 20.3. The highest BCUT2D eigenvalue weighted by Gasteiger charge is 2.57. The highest BCUT2D eigenvalue weighted by Crippen LogP contribution is 2.53. The fourth-order valence-electron chi connectivity index (χ4n) is 4.87. The average molecular weight is 395 g/mol. The lowest BCUT2D eigenvalue weighted by Crippen LogP contribution is -2.61. The summed E-state index contributed by atoms with van der Waals surface area (Å²) in [5.74, 6) is 0.0613. The summed E-state index contributed by atoms with van der Waals surface area (Å²) in [6.45, 7) is 4.16. The van der Waals surface area contributed by atoms with Gasteiger partial charge in [-0.05, 0) is 23.0 Å². The van der Waals surface area contributed by atoms with E-state index < -0.39 is 17.6 Å². The largest absolute Gasteiger partial charge is 0.390 e. The third-order valence-corrected chi connectivity index (χ3v) is 6.67. The summed E-state index contributed by atoms with van der Waals surface area (Å²) >= 11 is 0. The molecule has 0 heterocycles. The van der Waals surface area contributed by atoms with Crippen LogP contribution in [0.15, 0.2) is 72.8 Å². The van der Waals surface area contributed by atoms with E-state index in [-0.39, 0.29) is 17.8 Å². The van der Waals surface area contributed by atoms with Crippen LogP contribution in [0, 0.1) is 23.2 Å². The van der Waals surface area contributed by atoms with Crippen molar-refractivity contribution < 1.29 is 19.7 Å². The normalized spacial score (nSPS) is 33.1. The summed E-state index contributed by atoms with van der Waals surface area (Å²) < 4.78 is 12.1. The summed E-state index contributed by atoms with van der Waals surface area (Å²) in [7, 11) is 0. The zero-order valence-corrected chi connectivity index (χ0v) is 16.9. The molecule has 6 atom stereocenters. The molecule has 5 rings (SSSR count). The van der Waals surface area contributed by atoms with E-state index in [4.69, 9.17) is 9.47 Å². The molecule has 0 amide bonds. The van der Waals surface area contributed by atoms with Gasteiger partial charge in [-0.1, -0.05) is 79.7 Å². The Hall–Kier alpha value is -1.98. The lowest BCUT2D eigenvalue weighted by Gasteiger charge is -2.56. The Morgan fingerprint density at radius 2 is 1.38 bits per heavy atom. The van der Waals surface area contributed by atoms with Crippen molar-refractivity contribution >= 4 is 0 Å². The van der Waals surface area contributed by atoms with Gasteiger partial charge in [-0.15, -0.1) is 0 Å². The monoisotopic (exact) mass is 394 g/mol. The molecule has 2 bridgehead atoms. The quantitative estimate of drug-likeness (QED) is 0.672. The van der Waals surface area contributed by atoms with E-state index in [9.17, 15) is 10.2 Å². The molecule has 0 unspecified atom stereocenters. The van der Waals surface area contributed by atoms with Gasteiger partial charge in [-0.25, -0.2) is 0 Å². The van der Waals surface area contributed by atoms with Crippen molar-refractivity contribution in [2.24, 2.45) is 23.2 Å². The Labute approximate surface area is 172 Å². The Bertz CT molecular complexity index is 806. The molecule has 0 spiro atoms. The van der Waals surface area contributed by atoms with E-state index in [1.807, 2.05) is 67.6 Å². The maximum Gasteiger partial charge on any atom is 0.0896 e. The van der Waals surface area contributed by atoms with Crippen LogP contribution in [0.3, 0.4) is 0 Å². The van der Waals surface area contributed by atoms with Crippen LogP contribution in [-0.4, -0.2) is 35.6 Å². The van der Waals surface area contributed by atoms with Gasteiger partial charge in [-0.2, -0.15) is 0 Å². The highest BCUT2D eigenvalue weighted by molar-refractivity contribution is 5.22. The van der Waals surface area contributed by atoms with Gasteiger partial charge in [0.25, 0.3) is 0 Å². The van der Waals surface area contributed by atoms with E-state index >= 15 is 0 Å². The molecule has 2 aromatic rings. The van der Waals surface area contributed by atoms with Crippen LogP contribution in [0.5, 0.6) is 0 Å². The second-order valence-corrected chi connectivity index (χ2v) is 8.51. The Balaban J connectivity index is 1.44. The topological polar surface area (TPSA) is 58.9 Å². The minimum absolute atomic E-state index is 0.0791. The molecular weight excluding hydrogens is 364 g/mol. The predicted octanol–water partition coefficient (Wildman–Crippen LogP) is 3.58. The third kappa shape index (κ3) is 4.17. The number of aliphatic hydroxyl groups is 2. The second kappa shape index (κ2) is 8.80. The Morgan fingerprint density at radius 1 is 0.828 bits per heavy atom. The molecule has 3 aliphatic carbocycles. The van der Waals surface area contributed by atoms with Crippen LogP contribution in [0.1, 0.15) is 18.1 Å². The highest BCUT2D eigenvalue weighted by atomic mass is 16.5. The van der Waals surface area contributed by atoms with Crippen LogP contribution < -0.4 is 0 Å². The standard InChI is InChI=1S/C25H30O4/c1-25-13-12-20(23(26)24(25)27)21(16-28-14-18-8-4-2-5-9-18)22(25)17-29-15-19-10-6-3-7-11-19/h2-13,20-24,26-27H,14-17H2,1H3/t20-,21+,22+,23-,24-,25+/m0/s1. The third-order valence-electron chi connectivity index (χ3n) is 6.67. The first-order valence-corrected chi connectivity index (χ1v) is 10.4. The zero-order chi connectivity index (χ0) is 20.3. The van der Waals surface area contributed by atoms with E-state index in [1.165, 1.54) is 0 Å². The smallest absolute Gasteiger partial charge is 0.0896 e. The fourth-order valence-corrected chi connectivity index (χ4v) is 4.87. The molecule has 4 heteroatoms. The number of benzene rings is 2. The molecule has 0 saturated heterocycles. The van der Waals surface area contributed by atoms with Crippen molar-refractivity contribution in [3.63, 3.8) is 0 Å². The minimum atomic E-state index is -0.784. The fraction of sp³-hybridized carbons (Fsp3) is 0.440. The number of ether oxygens (including phenoxy) is 2. The average Bonchev–Trinajstić information content (AvgIpc) is 2.75. The Kier molecular flexibility index (Phi) is 6.16.